The number of nitrogens with zero attached hydrogens (tertiary/aromatic N) is 4. The summed E-state index contributed by atoms with van der Waals surface area (Å²) in [6.07, 6.45) is 4.09. The van der Waals surface area contributed by atoms with Gasteiger partial charge in [0.1, 0.15) is 0 Å². The number of rotatable bonds is 8. The van der Waals surface area contributed by atoms with Gasteiger partial charge in [-0.3, -0.25) is 0 Å². The Morgan fingerprint density at radius 1 is 0.536 bits per heavy atom. The Morgan fingerprint density at radius 3 is 1.00 bits per heavy atom. The summed E-state index contributed by atoms with van der Waals surface area (Å²) in [5.74, 6) is 0. The summed E-state index contributed by atoms with van der Waals surface area (Å²) in [5, 5.41) is 9.99. The molecule has 0 heterocycles. The molecule has 8 heteroatoms. The standard InChI is InChI=1S/C20H42N4Si4/c1-25(2,3)23(26(4,5)6)21-17-19-15-13-14-16-20(19)18-22-24(27(7,8)9)28(10,11)12/h13-18H,1-12H3. The van der Waals surface area contributed by atoms with Crippen molar-refractivity contribution in [1.82, 2.24) is 8.68 Å². The van der Waals surface area contributed by atoms with Gasteiger partial charge in [-0.2, -0.15) is 0 Å². The van der Waals surface area contributed by atoms with E-state index in [0.717, 1.165) is 11.1 Å². The molecular weight excluding hydrogens is 409 g/mol. The van der Waals surface area contributed by atoms with E-state index in [4.69, 9.17) is 10.2 Å². The number of hydrazone groups is 2. The fourth-order valence-electron chi connectivity index (χ4n) is 3.69. The Balaban J connectivity index is 3.28. The fourth-order valence-corrected chi connectivity index (χ4v) is 21.4. The summed E-state index contributed by atoms with van der Waals surface area (Å²) in [6, 6.07) is 8.46. The van der Waals surface area contributed by atoms with E-state index in [-0.39, 0.29) is 0 Å². The van der Waals surface area contributed by atoms with Crippen LogP contribution in [0.2, 0.25) is 78.6 Å². The summed E-state index contributed by atoms with van der Waals surface area (Å²) < 4.78 is 4.90. The monoisotopic (exact) mass is 450 g/mol. The third kappa shape index (κ3) is 7.45. The Labute approximate surface area is 178 Å². The zero-order chi connectivity index (χ0) is 22.0. The predicted octanol–water partition coefficient (Wildman–Crippen LogP) is 6.30. The molecule has 0 spiro atoms. The third-order valence-corrected chi connectivity index (χ3v) is 17.8. The minimum atomic E-state index is -1.51. The first-order valence-corrected chi connectivity index (χ1v) is 24.0. The maximum atomic E-state index is 5.00. The Hall–Kier alpha value is -0.972. The zero-order valence-electron chi connectivity index (χ0n) is 20.3. The second-order valence-electron chi connectivity index (χ2n) is 11.4. The summed E-state index contributed by atoms with van der Waals surface area (Å²) in [4.78, 5) is 0. The van der Waals surface area contributed by atoms with Crippen molar-refractivity contribution in [3.63, 3.8) is 0 Å². The molecule has 4 nitrogen and oxygen atoms in total. The molecule has 0 aromatic heterocycles. The minimum Gasteiger partial charge on any atom is -0.350 e. The predicted molar refractivity (Wildman–Crippen MR) is 139 cm³/mol. The molecule has 0 saturated carbocycles. The van der Waals surface area contributed by atoms with E-state index < -0.39 is 32.9 Å². The summed E-state index contributed by atoms with van der Waals surface area (Å²) in [6.45, 7) is 28.4. The highest BCUT2D eigenvalue weighted by Gasteiger charge is 2.34. The molecule has 0 fully saturated rings. The Kier molecular flexibility index (Phi) is 7.88. The average Bonchev–Trinajstić information content (AvgIpc) is 2.43. The van der Waals surface area contributed by atoms with Crippen LogP contribution in [0.1, 0.15) is 11.1 Å². The molecule has 0 aliphatic rings. The van der Waals surface area contributed by atoms with Crippen molar-refractivity contribution >= 4 is 45.4 Å². The van der Waals surface area contributed by atoms with Gasteiger partial charge in [0.15, 0.2) is 32.9 Å². The van der Waals surface area contributed by atoms with Crippen LogP contribution in [-0.2, 0) is 0 Å². The molecule has 28 heavy (non-hydrogen) atoms. The van der Waals surface area contributed by atoms with Crippen LogP contribution in [0.5, 0.6) is 0 Å². The smallest absolute Gasteiger partial charge is 0.158 e. The summed E-state index contributed by atoms with van der Waals surface area (Å²) in [5.41, 5.74) is 2.28. The number of benzene rings is 1. The van der Waals surface area contributed by atoms with Crippen molar-refractivity contribution in [3.05, 3.63) is 35.4 Å². The van der Waals surface area contributed by atoms with Crippen LogP contribution in [0.3, 0.4) is 0 Å². The van der Waals surface area contributed by atoms with Crippen LogP contribution < -0.4 is 0 Å². The molecule has 0 aliphatic heterocycles. The van der Waals surface area contributed by atoms with Gasteiger partial charge in [-0.25, -0.2) is 10.2 Å². The van der Waals surface area contributed by atoms with E-state index in [1.54, 1.807) is 0 Å². The van der Waals surface area contributed by atoms with Gasteiger partial charge in [0.25, 0.3) is 0 Å². The molecular formula is C20H42N4Si4. The first-order valence-electron chi connectivity index (χ1n) is 10.2. The number of hydrogen-bond acceptors (Lipinski definition) is 4. The summed E-state index contributed by atoms with van der Waals surface area (Å²) in [7, 11) is -6.05. The quantitative estimate of drug-likeness (QED) is 0.264. The van der Waals surface area contributed by atoms with Crippen molar-refractivity contribution in [2.45, 2.75) is 78.6 Å². The second kappa shape index (κ2) is 8.81. The molecule has 0 bridgehead atoms. The number of hydrogen-bond donors (Lipinski definition) is 0. The lowest BCUT2D eigenvalue weighted by atomic mass is 10.1. The van der Waals surface area contributed by atoms with Crippen LogP contribution in [0, 0.1) is 0 Å². The van der Waals surface area contributed by atoms with Crippen molar-refractivity contribution in [1.29, 1.82) is 0 Å². The van der Waals surface area contributed by atoms with E-state index in [2.05, 4.69) is 112 Å². The van der Waals surface area contributed by atoms with Gasteiger partial charge < -0.3 is 8.68 Å². The summed E-state index contributed by atoms with van der Waals surface area (Å²) >= 11 is 0. The Morgan fingerprint density at radius 2 is 0.786 bits per heavy atom. The first-order chi connectivity index (χ1) is 12.4. The highest BCUT2D eigenvalue weighted by molar-refractivity contribution is 6.90. The zero-order valence-corrected chi connectivity index (χ0v) is 24.3. The van der Waals surface area contributed by atoms with Gasteiger partial charge in [-0.1, -0.05) is 103 Å². The molecule has 0 radical (unpaired) electrons. The molecule has 0 unspecified atom stereocenters. The highest BCUT2D eigenvalue weighted by atomic mass is 28.4. The van der Waals surface area contributed by atoms with E-state index in [1.807, 2.05) is 12.4 Å². The van der Waals surface area contributed by atoms with Gasteiger partial charge in [0, 0.05) is 11.1 Å². The Bertz CT molecular complexity index is 616. The maximum Gasteiger partial charge on any atom is 0.158 e. The van der Waals surface area contributed by atoms with Gasteiger partial charge in [-0.05, 0) is 0 Å². The van der Waals surface area contributed by atoms with Gasteiger partial charge >= 0.3 is 0 Å². The van der Waals surface area contributed by atoms with Crippen LogP contribution in [-0.4, -0.2) is 54.1 Å². The largest absolute Gasteiger partial charge is 0.350 e. The average molecular weight is 451 g/mol. The van der Waals surface area contributed by atoms with Gasteiger partial charge in [-0.15, -0.1) is 0 Å². The van der Waals surface area contributed by atoms with Crippen molar-refractivity contribution in [2.24, 2.45) is 10.2 Å². The molecule has 0 N–H and O–H groups in total. The minimum absolute atomic E-state index is 1.14. The van der Waals surface area contributed by atoms with Crippen molar-refractivity contribution in [3.8, 4) is 0 Å². The first kappa shape index (κ1) is 25.1. The van der Waals surface area contributed by atoms with Crippen molar-refractivity contribution < 1.29 is 0 Å². The fraction of sp³-hybridized carbons (Fsp3) is 0.600. The van der Waals surface area contributed by atoms with Gasteiger partial charge in [0.2, 0.25) is 0 Å². The molecule has 1 aromatic rings. The topological polar surface area (TPSA) is 31.2 Å². The van der Waals surface area contributed by atoms with Crippen LogP contribution >= 0.6 is 0 Å². The van der Waals surface area contributed by atoms with Gasteiger partial charge in [0.05, 0.1) is 12.4 Å². The van der Waals surface area contributed by atoms with Crippen LogP contribution in [0.15, 0.2) is 34.5 Å². The molecule has 0 amide bonds. The second-order valence-corrected chi connectivity index (χ2v) is 31.4. The molecule has 1 aromatic carbocycles. The SMILES string of the molecule is C[Si](C)(C)N(N=Cc1ccccc1C=NN([Si](C)(C)C)[Si](C)(C)C)[Si](C)(C)C. The third-order valence-electron chi connectivity index (χ3n) is 4.16. The molecule has 1 rings (SSSR count). The molecule has 0 atom stereocenters. The lowest BCUT2D eigenvalue weighted by molar-refractivity contribution is 0.670. The molecule has 0 aliphatic carbocycles. The van der Waals surface area contributed by atoms with E-state index in [1.165, 1.54) is 0 Å². The lowest BCUT2D eigenvalue weighted by Crippen LogP contribution is -2.56. The van der Waals surface area contributed by atoms with Crippen molar-refractivity contribution in [2.75, 3.05) is 0 Å². The highest BCUT2D eigenvalue weighted by Crippen LogP contribution is 2.21. The van der Waals surface area contributed by atoms with E-state index in [0.29, 0.717) is 0 Å². The van der Waals surface area contributed by atoms with E-state index >= 15 is 0 Å². The molecule has 158 valence electrons. The maximum absolute atomic E-state index is 5.00. The van der Waals surface area contributed by atoms with Crippen LogP contribution in [0.4, 0.5) is 0 Å². The van der Waals surface area contributed by atoms with E-state index in [9.17, 15) is 0 Å². The lowest BCUT2D eigenvalue weighted by Gasteiger charge is -2.41. The molecule has 0 saturated heterocycles. The normalized spacial score (nSPS) is 14.1. The van der Waals surface area contributed by atoms with Crippen LogP contribution in [0.25, 0.3) is 0 Å².